The number of nitrogens with zero attached hydrogens (tertiary/aromatic N) is 6. The van der Waals surface area contributed by atoms with Crippen LogP contribution in [0.4, 0.5) is 17.3 Å². The highest BCUT2D eigenvalue weighted by atomic mass is 16.5. The van der Waals surface area contributed by atoms with Gasteiger partial charge in [0.2, 0.25) is 0 Å². The Morgan fingerprint density at radius 1 is 0.976 bits per heavy atom. The van der Waals surface area contributed by atoms with Gasteiger partial charge in [-0.2, -0.15) is 0 Å². The van der Waals surface area contributed by atoms with Gasteiger partial charge in [0.15, 0.2) is 5.82 Å². The fourth-order valence-electron chi connectivity index (χ4n) is 6.91. The van der Waals surface area contributed by atoms with E-state index in [1.165, 1.54) is 39.0 Å². The second-order valence-electron chi connectivity index (χ2n) is 12.1. The summed E-state index contributed by atoms with van der Waals surface area (Å²) in [7, 11) is 5.76. The number of nitrogen functional groups attached to an aromatic ring is 1. The number of benzene rings is 1. The number of ether oxygens (including phenoxy) is 2. The molecule has 2 unspecified atom stereocenters. The second kappa shape index (κ2) is 12.6. The number of aryl methyl sites for hydroxylation is 1. The predicted molar refractivity (Wildman–Crippen MR) is 169 cm³/mol. The lowest BCUT2D eigenvalue weighted by Gasteiger charge is -2.42. The molecule has 10 nitrogen and oxygen atoms in total. The zero-order chi connectivity index (χ0) is 29.2. The van der Waals surface area contributed by atoms with E-state index in [1.807, 2.05) is 6.20 Å². The molecular formula is C32H46N8O2. The lowest BCUT2D eigenvalue weighted by atomic mass is 10.00. The summed E-state index contributed by atoms with van der Waals surface area (Å²) in [6.07, 6.45) is 8.29. The average Bonchev–Trinajstić information content (AvgIpc) is 3.49. The van der Waals surface area contributed by atoms with Gasteiger partial charge in [-0.1, -0.05) is 13.0 Å². The summed E-state index contributed by atoms with van der Waals surface area (Å²) in [5.74, 6) is 2.09. The Hall–Kier alpha value is -3.21. The molecule has 0 amide bonds. The first-order valence-electron chi connectivity index (χ1n) is 15.6. The maximum absolute atomic E-state index is 6.34. The number of aromatic nitrogens is 3. The van der Waals surface area contributed by atoms with Gasteiger partial charge in [0.05, 0.1) is 24.6 Å². The van der Waals surface area contributed by atoms with Crippen molar-refractivity contribution < 1.29 is 9.47 Å². The Balaban J connectivity index is 1.26. The molecule has 2 atom stereocenters. The highest BCUT2D eigenvalue weighted by Crippen LogP contribution is 2.38. The molecule has 1 saturated carbocycles. The molecule has 1 aromatic carbocycles. The minimum atomic E-state index is 0.292. The molecule has 3 aliphatic rings. The van der Waals surface area contributed by atoms with Crippen LogP contribution in [0.15, 0.2) is 24.4 Å². The average molecular weight is 575 g/mol. The fraction of sp³-hybridized carbons (Fsp3) is 0.594. The number of hydrogen-bond acceptors (Lipinski definition) is 10. The number of nitrogens with two attached hydrogens (primary N) is 1. The van der Waals surface area contributed by atoms with Crippen molar-refractivity contribution in [3.8, 4) is 16.9 Å². The Labute approximate surface area is 249 Å². The number of hydrogen-bond donors (Lipinski definition) is 2. The van der Waals surface area contributed by atoms with E-state index in [4.69, 9.17) is 25.2 Å². The van der Waals surface area contributed by atoms with Crippen LogP contribution in [0.3, 0.4) is 0 Å². The number of anilines is 3. The van der Waals surface area contributed by atoms with Crippen molar-refractivity contribution in [2.75, 3.05) is 76.5 Å². The molecule has 6 rings (SSSR count). The fourth-order valence-corrected chi connectivity index (χ4v) is 6.91. The molecule has 1 aliphatic carbocycles. The Morgan fingerprint density at radius 2 is 1.76 bits per heavy atom. The standard InChI is InChI=1S/C32H46N8O2/c1-5-26-32(35-22-7-8-24(19-22)41-3)37-29-25(20-34-31(33)30(29)36-26)21-6-9-27(28(18-21)42-4)40-12-10-23(11-13-40)39-16-14-38(2)15-17-39/h6,9,18,20,22-24H,5,7-8,10-17,19H2,1-4H3,(H2,33,34)(H,35,37). The van der Waals surface area contributed by atoms with E-state index in [0.29, 0.717) is 29.5 Å². The van der Waals surface area contributed by atoms with E-state index in [9.17, 15) is 0 Å². The van der Waals surface area contributed by atoms with E-state index < -0.39 is 0 Å². The van der Waals surface area contributed by atoms with E-state index in [1.54, 1.807) is 14.2 Å². The number of methoxy groups -OCH3 is 2. The first kappa shape index (κ1) is 28.9. The lowest BCUT2D eigenvalue weighted by Crippen LogP contribution is -2.52. The number of piperazine rings is 1. The first-order valence-corrected chi connectivity index (χ1v) is 15.6. The number of piperidine rings is 1. The largest absolute Gasteiger partial charge is 0.495 e. The number of likely N-dealkylation sites (N-methyl/N-ethyl adjacent to an activating group) is 1. The first-order chi connectivity index (χ1) is 20.5. The summed E-state index contributed by atoms with van der Waals surface area (Å²) in [5.41, 5.74) is 11.7. The molecule has 2 aliphatic heterocycles. The van der Waals surface area contributed by atoms with Gasteiger partial charge in [0, 0.05) is 70.2 Å². The molecule has 0 spiro atoms. The number of nitrogens with one attached hydrogen (secondary N) is 1. The van der Waals surface area contributed by atoms with E-state index in [-0.39, 0.29) is 0 Å². The van der Waals surface area contributed by atoms with Crippen LogP contribution in [0, 0.1) is 0 Å². The monoisotopic (exact) mass is 574 g/mol. The quantitative estimate of drug-likeness (QED) is 0.410. The topological polar surface area (TPSA) is 105 Å². The SMILES string of the molecule is CCc1nc2c(N)ncc(-c3ccc(N4CCC(N5CCN(C)CC5)CC4)c(OC)c3)c2nc1NC1CCC(OC)C1. The number of fused-ring (bicyclic) bond motifs is 1. The minimum absolute atomic E-state index is 0.292. The molecular weight excluding hydrogens is 528 g/mol. The summed E-state index contributed by atoms with van der Waals surface area (Å²) >= 11 is 0. The zero-order valence-corrected chi connectivity index (χ0v) is 25.6. The van der Waals surface area contributed by atoms with Crippen LogP contribution < -0.4 is 20.7 Å². The number of rotatable bonds is 8. The molecule has 42 heavy (non-hydrogen) atoms. The van der Waals surface area contributed by atoms with Gasteiger partial charge in [0.25, 0.3) is 0 Å². The van der Waals surface area contributed by atoms with Crippen LogP contribution in [0.5, 0.6) is 5.75 Å². The normalized spacial score (nSPS) is 22.6. The zero-order valence-electron chi connectivity index (χ0n) is 25.6. The van der Waals surface area contributed by atoms with Gasteiger partial charge in [-0.3, -0.25) is 4.90 Å². The smallest absolute Gasteiger partial charge is 0.151 e. The van der Waals surface area contributed by atoms with Crippen LogP contribution in [-0.2, 0) is 11.2 Å². The van der Waals surface area contributed by atoms with E-state index in [2.05, 4.69) is 57.2 Å². The molecule has 2 saturated heterocycles. The van der Waals surface area contributed by atoms with Crippen LogP contribution in [-0.4, -0.2) is 103 Å². The van der Waals surface area contributed by atoms with Gasteiger partial charge in [-0.25, -0.2) is 15.0 Å². The predicted octanol–water partition coefficient (Wildman–Crippen LogP) is 4.04. The van der Waals surface area contributed by atoms with Crippen molar-refractivity contribution in [2.24, 2.45) is 0 Å². The summed E-state index contributed by atoms with van der Waals surface area (Å²) in [4.78, 5) is 22.2. The third-order valence-corrected chi connectivity index (χ3v) is 9.54. The van der Waals surface area contributed by atoms with Crippen molar-refractivity contribution in [2.45, 2.75) is 63.6 Å². The van der Waals surface area contributed by atoms with E-state index in [0.717, 1.165) is 78.4 Å². The second-order valence-corrected chi connectivity index (χ2v) is 12.1. The summed E-state index contributed by atoms with van der Waals surface area (Å²) in [6, 6.07) is 7.43. The molecule has 226 valence electrons. The van der Waals surface area contributed by atoms with Crippen molar-refractivity contribution in [3.63, 3.8) is 0 Å². The molecule has 3 N–H and O–H groups in total. The molecule has 2 aromatic heterocycles. The van der Waals surface area contributed by atoms with Crippen LogP contribution >= 0.6 is 0 Å². The van der Waals surface area contributed by atoms with Gasteiger partial charge in [-0.15, -0.1) is 0 Å². The Morgan fingerprint density at radius 3 is 2.45 bits per heavy atom. The summed E-state index contributed by atoms with van der Waals surface area (Å²) in [5, 5.41) is 3.67. The third-order valence-electron chi connectivity index (χ3n) is 9.54. The molecule has 4 heterocycles. The van der Waals surface area contributed by atoms with Gasteiger partial charge in [0.1, 0.15) is 22.6 Å². The van der Waals surface area contributed by atoms with Crippen LogP contribution in [0.2, 0.25) is 0 Å². The molecule has 0 radical (unpaired) electrons. The molecule has 0 bridgehead atoms. The van der Waals surface area contributed by atoms with Crippen molar-refractivity contribution in [1.29, 1.82) is 0 Å². The van der Waals surface area contributed by atoms with Crippen molar-refractivity contribution in [3.05, 3.63) is 30.1 Å². The minimum Gasteiger partial charge on any atom is -0.495 e. The lowest BCUT2D eigenvalue weighted by molar-refractivity contribution is 0.0981. The van der Waals surface area contributed by atoms with Gasteiger partial charge in [-0.05, 0) is 63.3 Å². The molecule has 10 heteroatoms. The van der Waals surface area contributed by atoms with Gasteiger partial charge < -0.3 is 30.3 Å². The van der Waals surface area contributed by atoms with Gasteiger partial charge >= 0.3 is 0 Å². The highest BCUT2D eigenvalue weighted by molar-refractivity contribution is 5.97. The maximum Gasteiger partial charge on any atom is 0.151 e. The highest BCUT2D eigenvalue weighted by Gasteiger charge is 2.29. The Bertz CT molecular complexity index is 1380. The Kier molecular flexibility index (Phi) is 8.65. The van der Waals surface area contributed by atoms with Crippen molar-refractivity contribution >= 4 is 28.4 Å². The third kappa shape index (κ3) is 5.85. The summed E-state index contributed by atoms with van der Waals surface area (Å²) < 4.78 is 11.5. The molecule has 3 aromatic rings. The number of pyridine rings is 1. The maximum atomic E-state index is 6.34. The van der Waals surface area contributed by atoms with Crippen molar-refractivity contribution in [1.82, 2.24) is 24.8 Å². The molecule has 3 fully saturated rings. The summed E-state index contributed by atoms with van der Waals surface area (Å²) in [6.45, 7) is 8.85. The van der Waals surface area contributed by atoms with Crippen LogP contribution in [0.25, 0.3) is 22.2 Å². The van der Waals surface area contributed by atoms with E-state index >= 15 is 0 Å². The van der Waals surface area contributed by atoms with Crippen LogP contribution in [0.1, 0.15) is 44.7 Å².